The predicted octanol–water partition coefficient (Wildman–Crippen LogP) is 2.63. The van der Waals surface area contributed by atoms with Crippen LogP contribution in [0.3, 0.4) is 0 Å². The van der Waals surface area contributed by atoms with Crippen LogP contribution >= 0.6 is 11.6 Å². The van der Waals surface area contributed by atoms with E-state index in [-0.39, 0.29) is 0 Å². The maximum absolute atomic E-state index is 5.91. The van der Waals surface area contributed by atoms with Crippen LogP contribution in [0, 0.1) is 5.41 Å². The van der Waals surface area contributed by atoms with E-state index in [0.29, 0.717) is 10.4 Å². The van der Waals surface area contributed by atoms with Gasteiger partial charge in [0.25, 0.3) is 0 Å². The molecule has 0 bridgehead atoms. The topological polar surface area (TPSA) is 35.2 Å². The van der Waals surface area contributed by atoms with Crippen molar-refractivity contribution in [1.82, 2.24) is 0 Å². The summed E-state index contributed by atoms with van der Waals surface area (Å²) in [6.07, 6.45) is 3.47. The Morgan fingerprint density at radius 2 is 2.20 bits per heavy atom. The zero-order chi connectivity index (χ0) is 10.9. The molecule has 1 aromatic rings. The van der Waals surface area contributed by atoms with Gasteiger partial charge in [-0.2, -0.15) is 0 Å². The Balaban J connectivity index is 2.20. The third-order valence-corrected chi connectivity index (χ3v) is 3.44. The van der Waals surface area contributed by atoms with E-state index < -0.39 is 0 Å². The molecule has 0 saturated heterocycles. The van der Waals surface area contributed by atoms with Crippen LogP contribution in [0.25, 0.3) is 0 Å². The minimum Gasteiger partial charge on any atom is -0.496 e. The summed E-state index contributed by atoms with van der Waals surface area (Å²) in [5.74, 6) is 0.877. The van der Waals surface area contributed by atoms with Gasteiger partial charge < -0.3 is 10.5 Å². The Morgan fingerprint density at radius 3 is 2.73 bits per heavy atom. The van der Waals surface area contributed by atoms with E-state index >= 15 is 0 Å². The largest absolute Gasteiger partial charge is 0.496 e. The maximum atomic E-state index is 5.91. The zero-order valence-electron chi connectivity index (χ0n) is 8.92. The van der Waals surface area contributed by atoms with Crippen LogP contribution < -0.4 is 10.5 Å². The van der Waals surface area contributed by atoms with Gasteiger partial charge in [0.1, 0.15) is 5.75 Å². The second kappa shape index (κ2) is 4.03. The highest BCUT2D eigenvalue weighted by Gasteiger charge is 2.41. The molecular formula is C12H16ClNO. The third kappa shape index (κ3) is 2.27. The van der Waals surface area contributed by atoms with Crippen LogP contribution in [-0.4, -0.2) is 13.7 Å². The summed E-state index contributed by atoms with van der Waals surface area (Å²) in [4.78, 5) is 0. The van der Waals surface area contributed by atoms with Crippen molar-refractivity contribution >= 4 is 11.6 Å². The van der Waals surface area contributed by atoms with Crippen molar-refractivity contribution < 1.29 is 4.74 Å². The number of benzene rings is 1. The Labute approximate surface area is 95.4 Å². The summed E-state index contributed by atoms with van der Waals surface area (Å²) in [6.45, 7) is 0.763. The van der Waals surface area contributed by atoms with Crippen molar-refractivity contribution in [3.05, 3.63) is 28.8 Å². The van der Waals surface area contributed by atoms with Gasteiger partial charge in [0.2, 0.25) is 0 Å². The second-order valence-electron chi connectivity index (χ2n) is 4.34. The number of nitrogens with two attached hydrogens (primary N) is 1. The predicted molar refractivity (Wildman–Crippen MR) is 62.4 cm³/mol. The molecule has 1 aromatic carbocycles. The number of hydrogen-bond acceptors (Lipinski definition) is 2. The lowest BCUT2D eigenvalue weighted by Gasteiger charge is -2.15. The van der Waals surface area contributed by atoms with E-state index in [4.69, 9.17) is 22.1 Å². The highest BCUT2D eigenvalue weighted by molar-refractivity contribution is 6.30. The molecule has 15 heavy (non-hydrogen) atoms. The first-order valence-electron chi connectivity index (χ1n) is 5.22. The fourth-order valence-corrected chi connectivity index (χ4v) is 2.06. The standard InChI is InChI=1S/C12H16ClNO/c1-15-11-6-10(13)3-2-9(11)7-12(8-14)4-5-12/h2-3,6H,4-5,7-8,14H2,1H3. The summed E-state index contributed by atoms with van der Waals surface area (Å²) in [5.41, 5.74) is 7.32. The van der Waals surface area contributed by atoms with Crippen LogP contribution in [0.1, 0.15) is 18.4 Å². The Bertz CT molecular complexity index is 361. The van der Waals surface area contributed by atoms with E-state index in [0.717, 1.165) is 18.7 Å². The summed E-state index contributed by atoms with van der Waals surface area (Å²) in [6, 6.07) is 5.81. The Hall–Kier alpha value is -0.730. The summed E-state index contributed by atoms with van der Waals surface area (Å²) in [7, 11) is 1.68. The summed E-state index contributed by atoms with van der Waals surface area (Å²) in [5, 5.41) is 0.716. The molecule has 0 unspecified atom stereocenters. The molecule has 0 aromatic heterocycles. The maximum Gasteiger partial charge on any atom is 0.123 e. The van der Waals surface area contributed by atoms with Crippen molar-refractivity contribution in [2.24, 2.45) is 11.1 Å². The van der Waals surface area contributed by atoms with Crippen molar-refractivity contribution in [1.29, 1.82) is 0 Å². The molecule has 1 aliphatic carbocycles. The van der Waals surface area contributed by atoms with Crippen LogP contribution in [0.5, 0.6) is 5.75 Å². The van der Waals surface area contributed by atoms with Crippen molar-refractivity contribution in [2.75, 3.05) is 13.7 Å². The number of hydrogen-bond donors (Lipinski definition) is 1. The van der Waals surface area contributed by atoms with Crippen LogP contribution in [0.2, 0.25) is 5.02 Å². The number of ether oxygens (including phenoxy) is 1. The Kier molecular flexibility index (Phi) is 2.89. The first-order valence-corrected chi connectivity index (χ1v) is 5.59. The third-order valence-electron chi connectivity index (χ3n) is 3.20. The molecule has 2 N–H and O–H groups in total. The van der Waals surface area contributed by atoms with Crippen LogP contribution in [0.15, 0.2) is 18.2 Å². The summed E-state index contributed by atoms with van der Waals surface area (Å²) >= 11 is 5.91. The highest BCUT2D eigenvalue weighted by atomic mass is 35.5. The van der Waals surface area contributed by atoms with Gasteiger partial charge in [-0.25, -0.2) is 0 Å². The molecule has 0 radical (unpaired) electrons. The monoisotopic (exact) mass is 225 g/mol. The van der Waals surface area contributed by atoms with Gasteiger partial charge >= 0.3 is 0 Å². The molecule has 1 aliphatic rings. The minimum absolute atomic E-state index is 0.334. The normalized spacial score (nSPS) is 17.5. The van der Waals surface area contributed by atoms with E-state index in [9.17, 15) is 0 Å². The lowest BCUT2D eigenvalue weighted by Crippen LogP contribution is -2.18. The van der Waals surface area contributed by atoms with Gasteiger partial charge in [0.05, 0.1) is 7.11 Å². The van der Waals surface area contributed by atoms with Crippen molar-refractivity contribution in [2.45, 2.75) is 19.3 Å². The zero-order valence-corrected chi connectivity index (χ0v) is 9.68. The van der Waals surface area contributed by atoms with E-state index in [1.807, 2.05) is 18.2 Å². The first kappa shape index (κ1) is 10.8. The molecule has 2 nitrogen and oxygen atoms in total. The van der Waals surface area contributed by atoms with E-state index in [1.54, 1.807) is 7.11 Å². The molecular weight excluding hydrogens is 210 g/mol. The SMILES string of the molecule is COc1cc(Cl)ccc1CC1(CN)CC1. The average Bonchev–Trinajstić information content (AvgIpc) is 3.01. The average molecular weight is 226 g/mol. The van der Waals surface area contributed by atoms with E-state index in [1.165, 1.54) is 18.4 Å². The minimum atomic E-state index is 0.334. The fraction of sp³-hybridized carbons (Fsp3) is 0.500. The molecule has 82 valence electrons. The molecule has 0 heterocycles. The van der Waals surface area contributed by atoms with Gasteiger partial charge in [0, 0.05) is 5.02 Å². The van der Waals surface area contributed by atoms with E-state index in [2.05, 4.69) is 0 Å². The number of rotatable bonds is 4. The van der Waals surface area contributed by atoms with Gasteiger partial charge in [-0.05, 0) is 48.9 Å². The van der Waals surface area contributed by atoms with Crippen molar-refractivity contribution in [3.63, 3.8) is 0 Å². The van der Waals surface area contributed by atoms with Gasteiger partial charge in [-0.3, -0.25) is 0 Å². The van der Waals surface area contributed by atoms with Crippen molar-refractivity contribution in [3.8, 4) is 5.75 Å². The fourth-order valence-electron chi connectivity index (χ4n) is 1.90. The molecule has 0 spiro atoms. The number of methoxy groups -OCH3 is 1. The second-order valence-corrected chi connectivity index (χ2v) is 4.77. The smallest absolute Gasteiger partial charge is 0.123 e. The van der Waals surface area contributed by atoms with Crippen LogP contribution in [0.4, 0.5) is 0 Å². The van der Waals surface area contributed by atoms with Crippen LogP contribution in [-0.2, 0) is 6.42 Å². The van der Waals surface area contributed by atoms with Gasteiger partial charge in [-0.15, -0.1) is 0 Å². The van der Waals surface area contributed by atoms with Gasteiger partial charge in [-0.1, -0.05) is 17.7 Å². The molecule has 2 rings (SSSR count). The Morgan fingerprint density at radius 1 is 1.47 bits per heavy atom. The summed E-state index contributed by atoms with van der Waals surface area (Å²) < 4.78 is 5.32. The highest BCUT2D eigenvalue weighted by Crippen LogP contribution is 2.48. The molecule has 1 saturated carbocycles. The lowest BCUT2D eigenvalue weighted by atomic mass is 9.96. The quantitative estimate of drug-likeness (QED) is 0.855. The molecule has 0 amide bonds. The first-order chi connectivity index (χ1) is 7.19. The molecule has 0 aliphatic heterocycles. The number of halogens is 1. The molecule has 0 atom stereocenters. The lowest BCUT2D eigenvalue weighted by molar-refractivity contribution is 0.402. The molecule has 3 heteroatoms. The molecule has 1 fully saturated rings. The van der Waals surface area contributed by atoms with Gasteiger partial charge in [0.15, 0.2) is 0 Å².